The Hall–Kier alpha value is -2.47. The minimum Gasteiger partial charge on any atom is -0.496 e. The van der Waals surface area contributed by atoms with Gasteiger partial charge in [0.1, 0.15) is 17.0 Å². The molecule has 192 valence electrons. The molecule has 1 aliphatic carbocycles. The number of rotatable bonds is 8. The zero-order valence-electron chi connectivity index (χ0n) is 20.5. The van der Waals surface area contributed by atoms with Crippen molar-refractivity contribution in [2.75, 3.05) is 34.3 Å². The summed E-state index contributed by atoms with van der Waals surface area (Å²) in [6.45, 7) is 0.863. The molecule has 0 aliphatic heterocycles. The van der Waals surface area contributed by atoms with Crippen molar-refractivity contribution in [2.45, 2.75) is 42.9 Å². The van der Waals surface area contributed by atoms with Crippen molar-refractivity contribution in [1.82, 2.24) is 29.4 Å². The van der Waals surface area contributed by atoms with Crippen molar-refractivity contribution in [2.24, 2.45) is 7.05 Å². The largest absolute Gasteiger partial charge is 0.496 e. The molecule has 1 fully saturated rings. The molecule has 10 nitrogen and oxygen atoms in total. The Morgan fingerprint density at radius 3 is 2.60 bits per heavy atom. The Labute approximate surface area is 211 Å². The van der Waals surface area contributed by atoms with Gasteiger partial charge in [-0.15, -0.1) is 12.4 Å². The first-order valence-electron chi connectivity index (χ1n) is 11.5. The number of halogens is 1. The van der Waals surface area contributed by atoms with Crippen molar-refractivity contribution >= 4 is 33.5 Å². The minimum absolute atomic E-state index is 0. The second-order valence-corrected chi connectivity index (χ2v) is 10.8. The molecular weight excluding hydrogens is 492 g/mol. The molecule has 0 spiro atoms. The van der Waals surface area contributed by atoms with Gasteiger partial charge in [-0.2, -0.15) is 5.10 Å². The summed E-state index contributed by atoms with van der Waals surface area (Å²) in [6, 6.07) is 4.52. The predicted octanol–water partition coefficient (Wildman–Crippen LogP) is 2.64. The molecule has 1 aliphatic rings. The number of aryl methyl sites for hydroxylation is 1. The third-order valence-corrected chi connectivity index (χ3v) is 7.76. The van der Waals surface area contributed by atoms with Crippen LogP contribution in [-0.4, -0.2) is 67.4 Å². The van der Waals surface area contributed by atoms with Gasteiger partial charge in [-0.25, -0.2) is 22.8 Å². The number of sulfonamides is 1. The van der Waals surface area contributed by atoms with Gasteiger partial charge in [0.05, 0.1) is 23.3 Å². The normalized spacial score (nSPS) is 14.9. The highest BCUT2D eigenvalue weighted by Crippen LogP contribution is 2.35. The van der Waals surface area contributed by atoms with Gasteiger partial charge in [-0.05, 0) is 39.1 Å². The van der Waals surface area contributed by atoms with Crippen LogP contribution < -0.4 is 15.0 Å². The van der Waals surface area contributed by atoms with Crippen LogP contribution in [0.5, 0.6) is 5.75 Å². The molecule has 1 saturated carbocycles. The van der Waals surface area contributed by atoms with Crippen LogP contribution in [0.3, 0.4) is 0 Å². The van der Waals surface area contributed by atoms with Crippen LogP contribution in [0, 0.1) is 0 Å². The van der Waals surface area contributed by atoms with Gasteiger partial charge in [-0.1, -0.05) is 19.3 Å². The van der Waals surface area contributed by atoms with Crippen LogP contribution in [0.1, 0.15) is 43.7 Å². The summed E-state index contributed by atoms with van der Waals surface area (Å²) < 4.78 is 35.1. The number of nitrogens with zero attached hydrogens (tertiary/aromatic N) is 4. The van der Waals surface area contributed by atoms with E-state index < -0.39 is 10.0 Å². The van der Waals surface area contributed by atoms with E-state index in [1.165, 1.54) is 25.7 Å². The summed E-state index contributed by atoms with van der Waals surface area (Å²) in [5, 5.41) is 5.18. The fourth-order valence-electron chi connectivity index (χ4n) is 4.50. The number of nitrogens with one attached hydrogen (secondary N) is 2. The van der Waals surface area contributed by atoms with Crippen molar-refractivity contribution in [3.63, 3.8) is 0 Å². The first-order chi connectivity index (χ1) is 16.2. The Morgan fingerprint density at radius 1 is 1.23 bits per heavy atom. The number of hydrogen-bond acceptors (Lipinski definition) is 7. The Bertz CT molecular complexity index is 1350. The van der Waals surface area contributed by atoms with Crippen LogP contribution in [0.25, 0.3) is 22.4 Å². The maximum Gasteiger partial charge on any atom is 0.262 e. The lowest BCUT2D eigenvalue weighted by molar-refractivity contribution is 0.411. The molecule has 2 heterocycles. The molecule has 12 heteroatoms. The highest BCUT2D eigenvalue weighted by atomic mass is 35.5. The smallest absolute Gasteiger partial charge is 0.262 e. The average molecular weight is 525 g/mol. The molecular formula is C23H33ClN6O4S. The van der Waals surface area contributed by atoms with Crippen LogP contribution in [0.4, 0.5) is 0 Å². The molecule has 0 amide bonds. The van der Waals surface area contributed by atoms with Crippen LogP contribution in [0.15, 0.2) is 27.9 Å². The molecule has 1 aromatic carbocycles. The number of likely N-dealkylation sites (N-methyl/N-ethyl adjacent to an activating group) is 1. The SMILES string of the molecule is COc1cc(S(=O)(=O)NCCN(C)C)ccc1-c1nc2c(c(C3CCCCC3)nn2C)c(=O)[nH]1.Cl. The predicted molar refractivity (Wildman–Crippen MR) is 138 cm³/mol. The van der Waals surface area contributed by atoms with Gasteiger partial charge >= 0.3 is 0 Å². The van der Waals surface area contributed by atoms with E-state index in [0.717, 1.165) is 31.4 Å². The number of hydrogen-bond donors (Lipinski definition) is 2. The Kier molecular flexibility index (Phi) is 8.58. The summed E-state index contributed by atoms with van der Waals surface area (Å²) >= 11 is 0. The highest BCUT2D eigenvalue weighted by Gasteiger charge is 2.25. The molecule has 2 N–H and O–H groups in total. The van der Waals surface area contributed by atoms with E-state index in [4.69, 9.17) is 4.74 Å². The molecule has 4 rings (SSSR count). The quantitative estimate of drug-likeness (QED) is 0.464. The van der Waals surface area contributed by atoms with Crippen LogP contribution >= 0.6 is 12.4 Å². The first kappa shape index (κ1) is 27.1. The van der Waals surface area contributed by atoms with Crippen molar-refractivity contribution in [3.05, 3.63) is 34.2 Å². The number of fused-ring (bicyclic) bond motifs is 1. The molecule has 0 saturated heterocycles. The minimum atomic E-state index is -3.71. The van der Waals surface area contributed by atoms with E-state index in [1.807, 2.05) is 19.0 Å². The zero-order chi connectivity index (χ0) is 24.5. The summed E-state index contributed by atoms with van der Waals surface area (Å²) in [5.74, 6) is 0.870. The second kappa shape index (κ2) is 11.1. The van der Waals surface area contributed by atoms with E-state index in [0.29, 0.717) is 34.7 Å². The van der Waals surface area contributed by atoms with E-state index in [-0.39, 0.29) is 35.3 Å². The molecule has 0 atom stereocenters. The number of aromatic nitrogens is 4. The number of H-pyrrole nitrogens is 1. The maximum atomic E-state index is 13.1. The summed E-state index contributed by atoms with van der Waals surface area (Å²) in [5.41, 5.74) is 1.56. The van der Waals surface area contributed by atoms with Crippen LogP contribution in [-0.2, 0) is 17.1 Å². The lowest BCUT2D eigenvalue weighted by atomic mass is 9.86. The third kappa shape index (κ3) is 5.69. The topological polar surface area (TPSA) is 122 Å². The first-order valence-corrected chi connectivity index (χ1v) is 13.0. The standard InChI is InChI=1S/C23H32N6O4S.ClH/c1-28(2)13-12-24-34(31,32)16-10-11-17(18(14-16)33-4)21-25-22-19(23(30)26-21)20(27-29(22)3)15-8-6-5-7-9-15;/h10-11,14-15,24H,5-9,12-13H2,1-4H3,(H,25,26,30);1H. The van der Waals surface area contributed by atoms with Crippen LogP contribution in [0.2, 0.25) is 0 Å². The molecule has 0 radical (unpaired) electrons. The van der Waals surface area contributed by atoms with Gasteiger partial charge in [0, 0.05) is 32.1 Å². The number of ether oxygens (including phenoxy) is 1. The van der Waals surface area contributed by atoms with E-state index in [2.05, 4.69) is 19.8 Å². The fraction of sp³-hybridized carbons (Fsp3) is 0.522. The average Bonchev–Trinajstić information content (AvgIpc) is 3.15. The zero-order valence-corrected chi connectivity index (χ0v) is 22.1. The Morgan fingerprint density at radius 2 is 1.94 bits per heavy atom. The Balaban J connectivity index is 0.00000342. The third-order valence-electron chi connectivity index (χ3n) is 6.30. The van der Waals surface area contributed by atoms with E-state index in [9.17, 15) is 13.2 Å². The molecule has 35 heavy (non-hydrogen) atoms. The molecule has 0 unspecified atom stereocenters. The number of aromatic amines is 1. The van der Waals surface area contributed by atoms with Crippen molar-refractivity contribution in [1.29, 1.82) is 0 Å². The molecule has 2 aromatic heterocycles. The van der Waals surface area contributed by atoms with Gasteiger partial charge in [0.2, 0.25) is 10.0 Å². The second-order valence-electron chi connectivity index (χ2n) is 9.02. The highest BCUT2D eigenvalue weighted by molar-refractivity contribution is 7.89. The summed E-state index contributed by atoms with van der Waals surface area (Å²) in [4.78, 5) is 22.7. The summed E-state index contributed by atoms with van der Waals surface area (Å²) in [6.07, 6.45) is 5.56. The van der Waals surface area contributed by atoms with Gasteiger partial charge in [0.15, 0.2) is 5.65 Å². The monoisotopic (exact) mass is 524 g/mol. The van der Waals surface area contributed by atoms with Gasteiger partial charge in [0.25, 0.3) is 5.56 Å². The number of methoxy groups -OCH3 is 1. The van der Waals surface area contributed by atoms with E-state index >= 15 is 0 Å². The van der Waals surface area contributed by atoms with Gasteiger partial charge < -0.3 is 14.6 Å². The molecule has 0 bridgehead atoms. The number of benzene rings is 1. The molecule has 3 aromatic rings. The van der Waals surface area contributed by atoms with E-state index in [1.54, 1.807) is 17.8 Å². The lowest BCUT2D eigenvalue weighted by Gasteiger charge is -2.19. The lowest BCUT2D eigenvalue weighted by Crippen LogP contribution is -2.31. The summed E-state index contributed by atoms with van der Waals surface area (Å²) in [7, 11) is 3.28. The maximum absolute atomic E-state index is 13.1. The van der Waals surface area contributed by atoms with Gasteiger partial charge in [-0.3, -0.25) is 4.79 Å². The fourth-order valence-corrected chi connectivity index (χ4v) is 5.53. The van der Waals surface area contributed by atoms with Crippen molar-refractivity contribution in [3.8, 4) is 17.1 Å². The van der Waals surface area contributed by atoms with Crippen molar-refractivity contribution < 1.29 is 13.2 Å².